The third-order valence-electron chi connectivity index (χ3n) is 4.40. The van der Waals surface area contributed by atoms with E-state index >= 15 is 4.39 Å². The van der Waals surface area contributed by atoms with Gasteiger partial charge in [0.1, 0.15) is 17.0 Å². The lowest BCUT2D eigenvalue weighted by molar-refractivity contribution is 0.0273. The summed E-state index contributed by atoms with van der Waals surface area (Å²) >= 11 is 0. The van der Waals surface area contributed by atoms with Gasteiger partial charge in [0.2, 0.25) is 0 Å². The minimum atomic E-state index is -0.589. The average molecular weight is 388 g/mol. The maximum atomic E-state index is 15.2. The van der Waals surface area contributed by atoms with Gasteiger partial charge in [-0.1, -0.05) is 6.08 Å². The summed E-state index contributed by atoms with van der Waals surface area (Å²) in [7, 11) is 3.21. The van der Waals surface area contributed by atoms with Crippen molar-refractivity contribution in [1.82, 2.24) is 9.80 Å². The Balaban J connectivity index is 1.89. The fraction of sp³-hybridized carbons (Fsp3) is 0.429. The van der Waals surface area contributed by atoms with Crippen LogP contribution in [-0.4, -0.2) is 54.6 Å². The molecule has 0 unspecified atom stereocenters. The van der Waals surface area contributed by atoms with E-state index < -0.39 is 17.5 Å². The molecule has 6 nitrogen and oxygen atoms in total. The molecule has 0 bridgehead atoms. The lowest BCUT2D eigenvalue weighted by atomic mass is 9.99. The highest BCUT2D eigenvalue weighted by Crippen LogP contribution is 2.31. The molecule has 0 radical (unpaired) electrons. The second-order valence-electron chi connectivity index (χ2n) is 8.07. The van der Waals surface area contributed by atoms with Gasteiger partial charge in [-0.2, -0.15) is 0 Å². The van der Waals surface area contributed by atoms with E-state index in [1.807, 2.05) is 26.8 Å². The summed E-state index contributed by atoms with van der Waals surface area (Å²) in [6.45, 7) is 6.22. The summed E-state index contributed by atoms with van der Waals surface area (Å²) in [4.78, 5) is 27.4. The number of carbonyl (C=O) groups excluding carboxylic acids is 2. The van der Waals surface area contributed by atoms with Gasteiger partial charge in [-0.05, 0) is 44.9 Å². The van der Waals surface area contributed by atoms with E-state index in [0.29, 0.717) is 29.7 Å². The maximum absolute atomic E-state index is 15.2. The minimum Gasteiger partial charge on any atom is -0.451 e. The normalized spacial score (nSPS) is 14.8. The summed E-state index contributed by atoms with van der Waals surface area (Å²) in [5, 5.41) is 0.248. The summed E-state index contributed by atoms with van der Waals surface area (Å²) in [6.07, 6.45) is 2.13. The molecule has 0 N–H and O–H groups in total. The van der Waals surface area contributed by atoms with Crippen LogP contribution in [0.15, 0.2) is 28.7 Å². The van der Waals surface area contributed by atoms with E-state index in [1.165, 1.54) is 11.0 Å². The number of hydrogen-bond donors (Lipinski definition) is 0. The molecule has 1 aliphatic heterocycles. The zero-order chi connectivity index (χ0) is 20.6. The number of carbonyl (C=O) groups is 2. The van der Waals surface area contributed by atoms with E-state index in [1.54, 1.807) is 31.1 Å². The molecule has 1 aromatic carbocycles. The predicted molar refractivity (Wildman–Crippen MR) is 105 cm³/mol. The number of halogens is 1. The topological polar surface area (TPSA) is 63.0 Å². The zero-order valence-electron chi connectivity index (χ0n) is 16.8. The number of ether oxygens (including phenoxy) is 1. The van der Waals surface area contributed by atoms with Gasteiger partial charge < -0.3 is 19.0 Å². The number of hydrogen-bond acceptors (Lipinski definition) is 4. The fourth-order valence-electron chi connectivity index (χ4n) is 3.07. The quantitative estimate of drug-likeness (QED) is 0.770. The molecule has 0 aliphatic carbocycles. The molecule has 2 aromatic rings. The third-order valence-corrected chi connectivity index (χ3v) is 4.40. The Labute approximate surface area is 163 Å². The van der Waals surface area contributed by atoms with Gasteiger partial charge in [0.05, 0.1) is 5.39 Å². The number of nitrogens with zero attached hydrogens (tertiary/aromatic N) is 2. The molecule has 2 heterocycles. The number of furan rings is 1. The Hall–Kier alpha value is -2.83. The first-order valence-electron chi connectivity index (χ1n) is 9.18. The highest BCUT2D eigenvalue weighted by Gasteiger charge is 2.26. The van der Waals surface area contributed by atoms with Gasteiger partial charge in [-0.3, -0.25) is 4.79 Å². The molecule has 1 aliphatic rings. The van der Waals surface area contributed by atoms with E-state index in [4.69, 9.17) is 9.15 Å². The van der Waals surface area contributed by atoms with E-state index in [9.17, 15) is 9.59 Å². The molecule has 28 heavy (non-hydrogen) atoms. The van der Waals surface area contributed by atoms with E-state index in [0.717, 1.165) is 0 Å². The summed E-state index contributed by atoms with van der Waals surface area (Å²) in [6, 6.07) is 4.69. The van der Waals surface area contributed by atoms with Crippen molar-refractivity contribution in [1.29, 1.82) is 0 Å². The minimum absolute atomic E-state index is 0.0871. The van der Waals surface area contributed by atoms with Crippen LogP contribution in [0.5, 0.6) is 0 Å². The molecule has 0 spiro atoms. The molecule has 0 saturated heterocycles. The van der Waals surface area contributed by atoms with Crippen LogP contribution in [0, 0.1) is 5.82 Å². The Morgan fingerprint density at radius 3 is 2.61 bits per heavy atom. The van der Waals surface area contributed by atoms with Crippen LogP contribution in [0.25, 0.3) is 16.5 Å². The zero-order valence-corrected chi connectivity index (χ0v) is 16.8. The number of benzene rings is 1. The number of fused-ring (bicyclic) bond motifs is 1. The number of rotatable bonds is 2. The Morgan fingerprint density at radius 2 is 1.96 bits per heavy atom. The van der Waals surface area contributed by atoms with Gasteiger partial charge in [-0.15, -0.1) is 0 Å². The van der Waals surface area contributed by atoms with Crippen molar-refractivity contribution in [3.8, 4) is 0 Å². The van der Waals surface area contributed by atoms with Gasteiger partial charge in [-0.25, -0.2) is 9.18 Å². The predicted octanol–water partition coefficient (Wildman–Crippen LogP) is 4.30. The molecule has 7 heteroatoms. The number of amides is 2. The first-order chi connectivity index (χ1) is 13.1. The van der Waals surface area contributed by atoms with E-state index in [2.05, 4.69) is 0 Å². The molecular formula is C21H25FN2O4. The molecule has 0 fully saturated rings. The lowest BCUT2D eigenvalue weighted by Crippen LogP contribution is -2.39. The van der Waals surface area contributed by atoms with Crippen LogP contribution in [-0.2, 0) is 4.74 Å². The van der Waals surface area contributed by atoms with Crippen molar-refractivity contribution < 1.29 is 23.1 Å². The van der Waals surface area contributed by atoms with Crippen LogP contribution in [0.1, 0.15) is 43.3 Å². The highest BCUT2D eigenvalue weighted by atomic mass is 19.1. The van der Waals surface area contributed by atoms with Gasteiger partial charge in [0.15, 0.2) is 5.76 Å². The third kappa shape index (κ3) is 4.03. The van der Waals surface area contributed by atoms with Crippen LogP contribution in [0.3, 0.4) is 0 Å². The standard InChI is InChI=1S/C21H25FN2O4/c1-21(2,3)28-20(26)24-10-6-7-13(12-24)14-8-9-16-15(18(14)22)11-17(27-16)19(25)23(4)5/h7-9,11H,6,10,12H2,1-5H3. The van der Waals surface area contributed by atoms with Crippen molar-refractivity contribution >= 4 is 28.5 Å². The molecular weight excluding hydrogens is 363 g/mol. The van der Waals surface area contributed by atoms with Crippen molar-refractivity contribution in [3.63, 3.8) is 0 Å². The summed E-state index contributed by atoms with van der Waals surface area (Å²) < 4.78 is 26.1. The average Bonchev–Trinajstić information content (AvgIpc) is 3.05. The molecule has 2 amide bonds. The van der Waals surface area contributed by atoms with Crippen molar-refractivity contribution in [2.75, 3.05) is 27.2 Å². The summed E-state index contributed by atoms with van der Waals surface area (Å²) in [5.41, 5.74) is 0.824. The van der Waals surface area contributed by atoms with Crippen LogP contribution in [0.4, 0.5) is 9.18 Å². The fourth-order valence-corrected chi connectivity index (χ4v) is 3.07. The monoisotopic (exact) mass is 388 g/mol. The molecule has 150 valence electrons. The van der Waals surface area contributed by atoms with Crippen molar-refractivity contribution in [2.24, 2.45) is 0 Å². The smallest absolute Gasteiger partial charge is 0.410 e. The van der Waals surface area contributed by atoms with Gasteiger partial charge >= 0.3 is 6.09 Å². The lowest BCUT2D eigenvalue weighted by Gasteiger charge is -2.30. The van der Waals surface area contributed by atoms with E-state index in [-0.39, 0.29) is 23.6 Å². The molecule has 0 atom stereocenters. The van der Waals surface area contributed by atoms with Crippen molar-refractivity contribution in [3.05, 3.63) is 41.4 Å². The van der Waals surface area contributed by atoms with Gasteiger partial charge in [0.25, 0.3) is 5.91 Å². The van der Waals surface area contributed by atoms with Gasteiger partial charge in [0, 0.05) is 38.8 Å². The largest absolute Gasteiger partial charge is 0.451 e. The van der Waals surface area contributed by atoms with Crippen LogP contribution >= 0.6 is 0 Å². The molecule has 0 saturated carbocycles. The Bertz CT molecular complexity index is 953. The van der Waals surface area contributed by atoms with Crippen molar-refractivity contribution in [2.45, 2.75) is 32.8 Å². The first kappa shape index (κ1) is 19.9. The molecule has 3 rings (SSSR count). The maximum Gasteiger partial charge on any atom is 0.410 e. The van der Waals surface area contributed by atoms with Crippen LogP contribution in [0.2, 0.25) is 0 Å². The SMILES string of the molecule is CN(C)C(=O)c1cc2c(F)c(C3=CCCN(C(=O)OC(C)(C)C)C3)ccc2o1. The van der Waals surface area contributed by atoms with Crippen LogP contribution < -0.4 is 0 Å². The Kier molecular flexibility index (Phi) is 5.19. The second kappa shape index (κ2) is 7.30. The first-order valence-corrected chi connectivity index (χ1v) is 9.18. The molecule has 1 aromatic heterocycles. The highest BCUT2D eigenvalue weighted by molar-refractivity contribution is 5.96. The summed E-state index contributed by atoms with van der Waals surface area (Å²) in [5.74, 6) is -0.703. The second-order valence-corrected chi connectivity index (χ2v) is 8.07. The Morgan fingerprint density at radius 1 is 1.25 bits per heavy atom.